The van der Waals surface area contributed by atoms with Crippen molar-refractivity contribution in [2.24, 2.45) is 7.05 Å². The minimum Gasteiger partial charge on any atom is -0.484 e. The minimum absolute atomic E-state index is 0.0234. The number of aromatic nitrogens is 2. The molecule has 0 unspecified atom stereocenters. The van der Waals surface area contributed by atoms with E-state index in [4.69, 9.17) is 4.74 Å². The van der Waals surface area contributed by atoms with E-state index in [0.717, 1.165) is 19.3 Å². The number of hydrogen-bond acceptors (Lipinski definition) is 4. The van der Waals surface area contributed by atoms with Crippen molar-refractivity contribution in [3.63, 3.8) is 0 Å². The number of benzene rings is 2. The van der Waals surface area contributed by atoms with Crippen LogP contribution in [-0.2, 0) is 11.8 Å². The van der Waals surface area contributed by atoms with E-state index in [9.17, 15) is 4.79 Å². The fourth-order valence-electron chi connectivity index (χ4n) is 2.04. The van der Waals surface area contributed by atoms with Gasteiger partial charge in [-0.3, -0.25) is 4.79 Å². The van der Waals surface area contributed by atoms with Gasteiger partial charge in [0.05, 0.1) is 0 Å². The number of carbonyl (C=O) groups excluding carboxylic acids is 1. The lowest BCUT2D eigenvalue weighted by Crippen LogP contribution is -2.20. The van der Waals surface area contributed by atoms with Gasteiger partial charge in [-0.25, -0.2) is 4.98 Å². The lowest BCUT2D eigenvalue weighted by atomic mass is 10.3. The van der Waals surface area contributed by atoms with Crippen LogP contribution in [-0.4, -0.2) is 22.1 Å². The van der Waals surface area contributed by atoms with E-state index in [1.54, 1.807) is 18.0 Å². The van der Waals surface area contributed by atoms with Crippen LogP contribution in [0.2, 0.25) is 0 Å². The average molecular weight is 465 g/mol. The highest BCUT2D eigenvalue weighted by atomic mass is 127. The Morgan fingerprint density at radius 2 is 1.92 bits per heavy atom. The maximum absolute atomic E-state index is 12.0. The van der Waals surface area contributed by atoms with Crippen LogP contribution in [0.15, 0.2) is 71.0 Å². The maximum atomic E-state index is 12.0. The van der Waals surface area contributed by atoms with E-state index < -0.39 is 0 Å². The highest BCUT2D eigenvalue weighted by Gasteiger charge is 2.06. The standard InChI is InChI=1S/C18H16IN3O2S/c1-22-11-10-20-18(22)25-16-8-4-14(5-9-16)21-17(23)12-24-15-6-2-13(19)3-7-15/h2-11H,12H2,1H3,(H,21,23). The predicted octanol–water partition coefficient (Wildman–Crippen LogP) is 4.19. The van der Waals surface area contributed by atoms with Gasteiger partial charge >= 0.3 is 0 Å². The Hall–Kier alpha value is -2.00. The molecule has 3 aromatic rings. The largest absolute Gasteiger partial charge is 0.484 e. The molecule has 0 bridgehead atoms. The first-order valence-electron chi connectivity index (χ1n) is 7.53. The SMILES string of the molecule is Cn1ccnc1Sc1ccc(NC(=O)COc2ccc(I)cc2)cc1. The Morgan fingerprint density at radius 3 is 2.56 bits per heavy atom. The minimum atomic E-state index is -0.192. The number of nitrogens with one attached hydrogen (secondary N) is 1. The van der Waals surface area contributed by atoms with Crippen molar-refractivity contribution in [3.05, 3.63) is 64.5 Å². The number of ether oxygens (including phenoxy) is 1. The van der Waals surface area contributed by atoms with Crippen molar-refractivity contribution in [1.29, 1.82) is 0 Å². The second-order valence-electron chi connectivity index (χ2n) is 5.24. The number of rotatable bonds is 6. The summed E-state index contributed by atoms with van der Waals surface area (Å²) in [5, 5.41) is 3.74. The van der Waals surface area contributed by atoms with Crippen LogP contribution in [0.25, 0.3) is 0 Å². The van der Waals surface area contributed by atoms with Gasteiger partial charge in [0.15, 0.2) is 11.8 Å². The number of carbonyl (C=O) groups is 1. The molecule has 128 valence electrons. The van der Waals surface area contributed by atoms with E-state index in [1.165, 1.54) is 0 Å². The normalized spacial score (nSPS) is 10.5. The van der Waals surface area contributed by atoms with Gasteiger partial charge in [-0.1, -0.05) is 11.8 Å². The number of imidazole rings is 1. The summed E-state index contributed by atoms with van der Waals surface area (Å²) < 4.78 is 8.56. The summed E-state index contributed by atoms with van der Waals surface area (Å²) in [5.74, 6) is 0.487. The second-order valence-corrected chi connectivity index (χ2v) is 7.52. The Labute approximate surface area is 163 Å². The van der Waals surface area contributed by atoms with Gasteiger partial charge in [0.2, 0.25) is 0 Å². The van der Waals surface area contributed by atoms with Gasteiger partial charge in [0, 0.05) is 33.6 Å². The fraction of sp³-hybridized carbons (Fsp3) is 0.111. The molecule has 25 heavy (non-hydrogen) atoms. The zero-order valence-electron chi connectivity index (χ0n) is 13.5. The van der Waals surface area contributed by atoms with Crippen LogP contribution < -0.4 is 10.1 Å². The van der Waals surface area contributed by atoms with Crippen LogP contribution in [0.3, 0.4) is 0 Å². The van der Waals surface area contributed by atoms with Crippen LogP contribution in [0.1, 0.15) is 0 Å². The first-order chi connectivity index (χ1) is 12.1. The smallest absolute Gasteiger partial charge is 0.262 e. The van der Waals surface area contributed by atoms with E-state index >= 15 is 0 Å². The molecule has 7 heteroatoms. The van der Waals surface area contributed by atoms with Crippen molar-refractivity contribution in [2.75, 3.05) is 11.9 Å². The zero-order chi connectivity index (χ0) is 17.6. The third kappa shape index (κ3) is 5.23. The molecule has 0 aliphatic heterocycles. The van der Waals surface area contributed by atoms with Crippen LogP contribution in [0, 0.1) is 3.57 Å². The Morgan fingerprint density at radius 1 is 1.20 bits per heavy atom. The van der Waals surface area contributed by atoms with E-state index in [0.29, 0.717) is 5.75 Å². The summed E-state index contributed by atoms with van der Waals surface area (Å²) in [6, 6.07) is 15.2. The molecule has 1 N–H and O–H groups in total. The van der Waals surface area contributed by atoms with E-state index in [1.807, 2.05) is 66.3 Å². The molecule has 0 saturated carbocycles. The number of nitrogens with zero attached hydrogens (tertiary/aromatic N) is 2. The summed E-state index contributed by atoms with van der Waals surface area (Å²) in [4.78, 5) is 17.3. The Bertz CT molecular complexity index is 848. The third-order valence-corrected chi connectivity index (χ3v) is 5.11. The van der Waals surface area contributed by atoms with Crippen LogP contribution in [0.5, 0.6) is 5.75 Å². The zero-order valence-corrected chi connectivity index (χ0v) is 16.5. The van der Waals surface area contributed by atoms with Gasteiger partial charge in [0.25, 0.3) is 5.91 Å². The molecular formula is C18H16IN3O2S. The molecule has 3 rings (SSSR count). The molecule has 0 atom stereocenters. The molecule has 2 aromatic carbocycles. The van der Waals surface area contributed by atoms with Crippen LogP contribution in [0.4, 0.5) is 5.69 Å². The third-order valence-electron chi connectivity index (χ3n) is 3.31. The molecular weight excluding hydrogens is 449 g/mol. The Kier molecular flexibility index (Phi) is 5.98. The lowest BCUT2D eigenvalue weighted by Gasteiger charge is -2.08. The van der Waals surface area contributed by atoms with Gasteiger partial charge < -0.3 is 14.6 Å². The van der Waals surface area contributed by atoms with Crippen molar-refractivity contribution < 1.29 is 9.53 Å². The number of anilines is 1. The molecule has 0 saturated heterocycles. The number of hydrogen-bond donors (Lipinski definition) is 1. The molecule has 0 aliphatic carbocycles. The maximum Gasteiger partial charge on any atom is 0.262 e. The highest BCUT2D eigenvalue weighted by Crippen LogP contribution is 2.26. The molecule has 0 fully saturated rings. The molecule has 1 amide bonds. The van der Waals surface area contributed by atoms with Crippen molar-refractivity contribution in [3.8, 4) is 5.75 Å². The van der Waals surface area contributed by atoms with Crippen molar-refractivity contribution >= 4 is 45.9 Å². The van der Waals surface area contributed by atoms with E-state index in [2.05, 4.69) is 32.9 Å². The number of amides is 1. The summed E-state index contributed by atoms with van der Waals surface area (Å²) in [6.07, 6.45) is 3.68. The molecule has 0 spiro atoms. The predicted molar refractivity (Wildman–Crippen MR) is 107 cm³/mol. The molecule has 5 nitrogen and oxygen atoms in total. The van der Waals surface area contributed by atoms with Gasteiger partial charge in [-0.15, -0.1) is 0 Å². The Balaban J connectivity index is 1.51. The highest BCUT2D eigenvalue weighted by molar-refractivity contribution is 14.1. The average Bonchev–Trinajstić information content (AvgIpc) is 3.01. The van der Waals surface area contributed by atoms with Gasteiger partial charge in [-0.05, 0) is 71.1 Å². The quantitative estimate of drug-likeness (QED) is 0.555. The topological polar surface area (TPSA) is 56.2 Å². The summed E-state index contributed by atoms with van der Waals surface area (Å²) in [5.41, 5.74) is 0.736. The van der Waals surface area contributed by atoms with Crippen molar-refractivity contribution in [1.82, 2.24) is 9.55 Å². The fourth-order valence-corrected chi connectivity index (χ4v) is 3.20. The summed E-state index contributed by atoms with van der Waals surface area (Å²) >= 11 is 3.79. The van der Waals surface area contributed by atoms with E-state index in [-0.39, 0.29) is 12.5 Å². The van der Waals surface area contributed by atoms with Gasteiger partial charge in [0.1, 0.15) is 5.75 Å². The molecule has 1 aromatic heterocycles. The molecule has 1 heterocycles. The first-order valence-corrected chi connectivity index (χ1v) is 9.43. The number of aryl methyl sites for hydroxylation is 1. The summed E-state index contributed by atoms with van der Waals surface area (Å²) in [6.45, 7) is -0.0234. The first kappa shape index (κ1) is 17.8. The molecule has 0 aliphatic rings. The molecule has 0 radical (unpaired) electrons. The monoisotopic (exact) mass is 465 g/mol. The number of halogens is 1. The lowest BCUT2D eigenvalue weighted by molar-refractivity contribution is -0.118. The van der Waals surface area contributed by atoms with Crippen LogP contribution >= 0.6 is 34.4 Å². The van der Waals surface area contributed by atoms with Crippen molar-refractivity contribution in [2.45, 2.75) is 10.1 Å². The summed E-state index contributed by atoms with van der Waals surface area (Å²) in [7, 11) is 1.96. The van der Waals surface area contributed by atoms with Gasteiger partial charge in [-0.2, -0.15) is 0 Å². The second kappa shape index (κ2) is 8.39.